The zero-order valence-corrected chi connectivity index (χ0v) is 20.1. The molecule has 4 rings (SSSR count). The lowest BCUT2D eigenvalue weighted by molar-refractivity contribution is -0.120. The molecule has 0 heteroatoms. The van der Waals surface area contributed by atoms with Gasteiger partial charge in [-0.3, -0.25) is 0 Å². The van der Waals surface area contributed by atoms with Gasteiger partial charge in [-0.2, -0.15) is 0 Å². The summed E-state index contributed by atoms with van der Waals surface area (Å²) in [5.74, 6) is 8.08. The van der Waals surface area contributed by atoms with E-state index < -0.39 is 0 Å². The lowest BCUT2D eigenvalue weighted by atomic mass is 9.44. The average molecular weight is 387 g/mol. The van der Waals surface area contributed by atoms with Crippen molar-refractivity contribution in [2.75, 3.05) is 0 Å². The molecular weight excluding hydrogens is 336 g/mol. The van der Waals surface area contributed by atoms with Gasteiger partial charge in [0.05, 0.1) is 0 Å². The second-order valence-corrected chi connectivity index (χ2v) is 13.1. The molecule has 0 saturated heterocycles. The van der Waals surface area contributed by atoms with E-state index in [0.717, 1.165) is 47.3 Å². The lowest BCUT2D eigenvalue weighted by Gasteiger charge is -2.61. The molecule has 4 fully saturated rings. The van der Waals surface area contributed by atoms with Gasteiger partial charge in [-0.25, -0.2) is 0 Å². The lowest BCUT2D eigenvalue weighted by Crippen LogP contribution is -2.53. The molecule has 0 nitrogen and oxygen atoms in total. The summed E-state index contributed by atoms with van der Waals surface area (Å²) in [4.78, 5) is 0. The minimum absolute atomic E-state index is 0.670. The molecule has 4 aliphatic rings. The minimum atomic E-state index is 0.670. The fourth-order valence-corrected chi connectivity index (χ4v) is 9.50. The van der Waals surface area contributed by atoms with E-state index in [1.807, 2.05) is 0 Å². The standard InChI is InChI=1S/C28H50/c1-19(2)8-7-9-21(4)24-12-13-25-23-11-10-22-18-20(3)14-16-27(22,5)26(23)15-17-28(24,25)6/h19-26H,7-18H2,1-6H3/t20-,21-,22+,23+,24?,25+,26+,27?,28-/m1/s1. The fraction of sp³-hybridized carbons (Fsp3) is 1.00. The van der Waals surface area contributed by atoms with Crippen molar-refractivity contribution in [1.29, 1.82) is 0 Å². The fourth-order valence-electron chi connectivity index (χ4n) is 9.50. The third kappa shape index (κ3) is 3.51. The summed E-state index contributed by atoms with van der Waals surface area (Å²) in [5, 5.41) is 0. The molecule has 0 aliphatic heterocycles. The van der Waals surface area contributed by atoms with Gasteiger partial charge in [0.15, 0.2) is 0 Å². The molecule has 9 atom stereocenters. The smallest absolute Gasteiger partial charge is 0.0264 e. The number of fused-ring (bicyclic) bond motifs is 5. The topological polar surface area (TPSA) is 0 Å². The number of hydrogen-bond donors (Lipinski definition) is 0. The molecule has 4 saturated carbocycles. The van der Waals surface area contributed by atoms with Crippen molar-refractivity contribution < 1.29 is 0 Å². The van der Waals surface area contributed by atoms with E-state index in [9.17, 15) is 0 Å². The molecule has 28 heavy (non-hydrogen) atoms. The van der Waals surface area contributed by atoms with Crippen LogP contribution in [0, 0.1) is 58.2 Å². The van der Waals surface area contributed by atoms with Gasteiger partial charge in [-0.1, -0.05) is 67.2 Å². The van der Waals surface area contributed by atoms with Crippen LogP contribution in [0.5, 0.6) is 0 Å². The second-order valence-electron chi connectivity index (χ2n) is 13.1. The first kappa shape index (κ1) is 21.2. The summed E-state index contributed by atoms with van der Waals surface area (Å²) >= 11 is 0. The van der Waals surface area contributed by atoms with Crippen LogP contribution in [-0.4, -0.2) is 0 Å². The van der Waals surface area contributed by atoms with E-state index in [-0.39, 0.29) is 0 Å². The van der Waals surface area contributed by atoms with Crippen molar-refractivity contribution in [3.8, 4) is 0 Å². The molecule has 4 aliphatic carbocycles. The Balaban J connectivity index is 1.46. The van der Waals surface area contributed by atoms with Crippen LogP contribution in [0.3, 0.4) is 0 Å². The van der Waals surface area contributed by atoms with E-state index in [0.29, 0.717) is 10.8 Å². The van der Waals surface area contributed by atoms with Crippen LogP contribution in [0.15, 0.2) is 0 Å². The monoisotopic (exact) mass is 386 g/mol. The molecule has 0 aromatic carbocycles. The molecule has 0 N–H and O–H groups in total. The first-order valence-corrected chi connectivity index (χ1v) is 13.3. The Hall–Kier alpha value is 0. The molecule has 0 aromatic heterocycles. The van der Waals surface area contributed by atoms with Gasteiger partial charge in [0.25, 0.3) is 0 Å². The third-order valence-electron chi connectivity index (χ3n) is 11.1. The summed E-state index contributed by atoms with van der Waals surface area (Å²) in [6.45, 7) is 15.4. The van der Waals surface area contributed by atoms with Gasteiger partial charge in [0, 0.05) is 0 Å². The molecule has 162 valence electrons. The van der Waals surface area contributed by atoms with Gasteiger partial charge in [0.2, 0.25) is 0 Å². The van der Waals surface area contributed by atoms with Gasteiger partial charge >= 0.3 is 0 Å². The maximum absolute atomic E-state index is 2.75. The molecule has 0 amide bonds. The highest BCUT2D eigenvalue weighted by molar-refractivity contribution is 5.09. The number of rotatable bonds is 5. The van der Waals surface area contributed by atoms with E-state index >= 15 is 0 Å². The highest BCUT2D eigenvalue weighted by Crippen LogP contribution is 2.68. The Bertz CT molecular complexity index is 534. The maximum atomic E-state index is 2.75. The Morgan fingerprint density at radius 1 is 0.786 bits per heavy atom. The molecule has 0 spiro atoms. The van der Waals surface area contributed by atoms with Crippen LogP contribution in [0.25, 0.3) is 0 Å². The largest absolute Gasteiger partial charge is 0.0628 e. The Kier molecular flexibility index (Phi) is 6.01. The Labute approximate surface area is 177 Å². The molecule has 0 heterocycles. The van der Waals surface area contributed by atoms with Crippen LogP contribution < -0.4 is 0 Å². The SMILES string of the molecule is CC(C)CCC[C@@H](C)C1CC[C@H]2[C@@H]3CC[C@H]4C[C@H](C)CCC4(C)[C@H]3CC[C@]12C. The minimum Gasteiger partial charge on any atom is -0.0628 e. The quantitative estimate of drug-likeness (QED) is 0.443. The van der Waals surface area contributed by atoms with Crippen molar-refractivity contribution >= 4 is 0 Å². The van der Waals surface area contributed by atoms with Crippen molar-refractivity contribution in [2.24, 2.45) is 58.2 Å². The average Bonchev–Trinajstić information content (AvgIpc) is 2.99. The summed E-state index contributed by atoms with van der Waals surface area (Å²) in [5.41, 5.74) is 1.36. The predicted octanol–water partition coefficient (Wildman–Crippen LogP) is 8.74. The molecular formula is C28H50. The van der Waals surface area contributed by atoms with Crippen LogP contribution >= 0.6 is 0 Å². The number of hydrogen-bond acceptors (Lipinski definition) is 0. The summed E-state index contributed by atoms with van der Waals surface area (Å²) in [6, 6.07) is 0. The van der Waals surface area contributed by atoms with Gasteiger partial charge < -0.3 is 0 Å². The normalized spacial score (nSPS) is 49.4. The van der Waals surface area contributed by atoms with E-state index in [4.69, 9.17) is 0 Å². The second kappa shape index (κ2) is 7.92. The Morgan fingerprint density at radius 2 is 1.50 bits per heavy atom. The van der Waals surface area contributed by atoms with Crippen LogP contribution in [0.2, 0.25) is 0 Å². The summed E-state index contributed by atoms with van der Waals surface area (Å²) < 4.78 is 0. The zero-order valence-electron chi connectivity index (χ0n) is 20.1. The maximum Gasteiger partial charge on any atom is -0.0264 e. The van der Waals surface area contributed by atoms with E-state index in [1.165, 1.54) is 32.1 Å². The van der Waals surface area contributed by atoms with E-state index in [2.05, 4.69) is 41.5 Å². The first-order valence-electron chi connectivity index (χ1n) is 13.3. The van der Waals surface area contributed by atoms with E-state index in [1.54, 1.807) is 44.9 Å². The first-order chi connectivity index (χ1) is 13.3. The highest BCUT2D eigenvalue weighted by Gasteiger charge is 2.60. The van der Waals surface area contributed by atoms with Crippen molar-refractivity contribution in [2.45, 2.75) is 119 Å². The molecule has 0 radical (unpaired) electrons. The molecule has 2 unspecified atom stereocenters. The molecule has 0 aromatic rings. The zero-order chi connectivity index (χ0) is 20.1. The van der Waals surface area contributed by atoms with Gasteiger partial charge in [-0.15, -0.1) is 0 Å². The van der Waals surface area contributed by atoms with Crippen molar-refractivity contribution in [3.05, 3.63) is 0 Å². The van der Waals surface area contributed by atoms with Crippen LogP contribution in [0.1, 0.15) is 119 Å². The van der Waals surface area contributed by atoms with Gasteiger partial charge in [0.1, 0.15) is 0 Å². The Morgan fingerprint density at radius 3 is 2.25 bits per heavy atom. The third-order valence-corrected chi connectivity index (χ3v) is 11.1. The van der Waals surface area contributed by atoms with Gasteiger partial charge in [-0.05, 0) is 110 Å². The summed E-state index contributed by atoms with van der Waals surface area (Å²) in [6.07, 6.45) is 18.3. The summed E-state index contributed by atoms with van der Waals surface area (Å²) in [7, 11) is 0. The predicted molar refractivity (Wildman–Crippen MR) is 122 cm³/mol. The highest BCUT2D eigenvalue weighted by atomic mass is 14.6. The van der Waals surface area contributed by atoms with Crippen LogP contribution in [-0.2, 0) is 0 Å². The van der Waals surface area contributed by atoms with Crippen molar-refractivity contribution in [3.63, 3.8) is 0 Å². The molecule has 0 bridgehead atoms. The van der Waals surface area contributed by atoms with Crippen molar-refractivity contribution in [1.82, 2.24) is 0 Å². The van der Waals surface area contributed by atoms with Crippen LogP contribution in [0.4, 0.5) is 0 Å².